The second kappa shape index (κ2) is 5.93. The minimum absolute atomic E-state index is 0.0764. The molecule has 2 aliphatic rings. The first-order valence-corrected chi connectivity index (χ1v) is 8.64. The van der Waals surface area contributed by atoms with Crippen molar-refractivity contribution in [2.75, 3.05) is 13.1 Å². The molecule has 2 aromatic carbocycles. The summed E-state index contributed by atoms with van der Waals surface area (Å²) in [4.78, 5) is 25.5. The molecule has 1 saturated carbocycles. The molecule has 4 rings (SSSR count). The molecule has 24 heavy (non-hydrogen) atoms. The van der Waals surface area contributed by atoms with Crippen LogP contribution in [0, 0.1) is 11.8 Å². The number of carboxylic acid groups (broad SMARTS) is 1. The summed E-state index contributed by atoms with van der Waals surface area (Å²) in [6.45, 7) is 1.16. The Kier molecular flexibility index (Phi) is 3.75. The number of piperidine rings is 1. The molecule has 124 valence electrons. The van der Waals surface area contributed by atoms with Crippen LogP contribution in [0.3, 0.4) is 0 Å². The van der Waals surface area contributed by atoms with Crippen molar-refractivity contribution in [2.24, 2.45) is 11.8 Å². The van der Waals surface area contributed by atoms with Gasteiger partial charge in [0.2, 0.25) is 5.91 Å². The zero-order valence-electron chi connectivity index (χ0n) is 13.5. The van der Waals surface area contributed by atoms with E-state index < -0.39 is 5.97 Å². The number of carbonyl (C=O) groups excluding carboxylic acids is 1. The summed E-state index contributed by atoms with van der Waals surface area (Å²) in [6.07, 6.45) is 2.07. The van der Waals surface area contributed by atoms with Crippen LogP contribution in [0.5, 0.6) is 0 Å². The van der Waals surface area contributed by atoms with E-state index in [2.05, 4.69) is 30.3 Å². The molecular formula is C20H21NO3. The largest absolute Gasteiger partial charge is 0.481 e. The van der Waals surface area contributed by atoms with Gasteiger partial charge in [0.1, 0.15) is 0 Å². The van der Waals surface area contributed by atoms with Crippen LogP contribution < -0.4 is 0 Å². The van der Waals surface area contributed by atoms with Gasteiger partial charge in [0.05, 0.1) is 5.92 Å². The van der Waals surface area contributed by atoms with Gasteiger partial charge in [0, 0.05) is 19.0 Å². The Balaban J connectivity index is 1.42. The Morgan fingerprint density at radius 1 is 1.00 bits per heavy atom. The van der Waals surface area contributed by atoms with Gasteiger partial charge in [-0.3, -0.25) is 9.59 Å². The van der Waals surface area contributed by atoms with E-state index in [-0.39, 0.29) is 17.7 Å². The highest BCUT2D eigenvalue weighted by Crippen LogP contribution is 2.49. The fourth-order valence-electron chi connectivity index (χ4n) is 3.86. The monoisotopic (exact) mass is 323 g/mol. The number of rotatable bonds is 3. The van der Waals surface area contributed by atoms with Gasteiger partial charge in [-0.05, 0) is 41.5 Å². The van der Waals surface area contributed by atoms with Gasteiger partial charge in [0.25, 0.3) is 0 Å². The Bertz CT molecular complexity index is 792. The maximum Gasteiger partial charge on any atom is 0.306 e. The van der Waals surface area contributed by atoms with Gasteiger partial charge < -0.3 is 10.0 Å². The molecule has 1 heterocycles. The first-order valence-electron chi connectivity index (χ1n) is 8.64. The average Bonchev–Trinajstić information content (AvgIpc) is 3.41. The SMILES string of the molecule is O=C(O)C1CCN(C(=O)[C@@H]2C[C@@H]2c2ccc3ccccc3c2)CC1. The van der Waals surface area contributed by atoms with Crippen LogP contribution in [0.25, 0.3) is 10.8 Å². The summed E-state index contributed by atoms with van der Waals surface area (Å²) >= 11 is 0. The predicted molar refractivity (Wildman–Crippen MR) is 91.7 cm³/mol. The van der Waals surface area contributed by atoms with Gasteiger partial charge in [-0.25, -0.2) is 0 Å². The van der Waals surface area contributed by atoms with E-state index in [0.717, 1.165) is 6.42 Å². The van der Waals surface area contributed by atoms with Crippen LogP contribution in [-0.2, 0) is 9.59 Å². The number of carboxylic acids is 1. The highest BCUT2D eigenvalue weighted by molar-refractivity contribution is 5.86. The zero-order valence-corrected chi connectivity index (χ0v) is 13.5. The Labute approximate surface area is 141 Å². The number of nitrogens with zero attached hydrogens (tertiary/aromatic N) is 1. The fraction of sp³-hybridized carbons (Fsp3) is 0.400. The normalized spacial score (nSPS) is 24.1. The van der Waals surface area contributed by atoms with E-state index in [1.165, 1.54) is 16.3 Å². The molecule has 1 saturated heterocycles. The molecule has 1 aliphatic heterocycles. The number of hydrogen-bond acceptors (Lipinski definition) is 2. The third-order valence-corrected chi connectivity index (χ3v) is 5.47. The molecule has 0 bridgehead atoms. The van der Waals surface area contributed by atoms with Crippen molar-refractivity contribution < 1.29 is 14.7 Å². The summed E-state index contributed by atoms with van der Waals surface area (Å²) in [5.41, 5.74) is 1.24. The van der Waals surface area contributed by atoms with Crippen molar-refractivity contribution in [1.29, 1.82) is 0 Å². The zero-order chi connectivity index (χ0) is 16.7. The van der Waals surface area contributed by atoms with Crippen LogP contribution in [0.2, 0.25) is 0 Å². The first-order chi connectivity index (χ1) is 11.6. The van der Waals surface area contributed by atoms with Gasteiger partial charge >= 0.3 is 5.97 Å². The van der Waals surface area contributed by atoms with Gasteiger partial charge in [-0.2, -0.15) is 0 Å². The summed E-state index contributed by atoms with van der Waals surface area (Å²) in [6, 6.07) is 14.7. The summed E-state index contributed by atoms with van der Waals surface area (Å²) in [5, 5.41) is 11.5. The predicted octanol–water partition coefficient (Wildman–Crippen LogP) is 3.27. The van der Waals surface area contributed by atoms with Crippen molar-refractivity contribution >= 4 is 22.6 Å². The molecule has 1 amide bonds. The molecule has 4 nitrogen and oxygen atoms in total. The molecule has 4 heteroatoms. The lowest BCUT2D eigenvalue weighted by Gasteiger charge is -2.30. The van der Waals surface area contributed by atoms with Crippen LogP contribution in [0.15, 0.2) is 42.5 Å². The van der Waals surface area contributed by atoms with Gasteiger partial charge in [0.15, 0.2) is 0 Å². The first kappa shape index (κ1) is 15.2. The van der Waals surface area contributed by atoms with E-state index in [4.69, 9.17) is 5.11 Å². The van der Waals surface area contributed by atoms with Gasteiger partial charge in [-0.15, -0.1) is 0 Å². The Hall–Kier alpha value is -2.36. The Morgan fingerprint density at radius 2 is 1.71 bits per heavy atom. The second-order valence-electron chi connectivity index (χ2n) is 6.99. The van der Waals surface area contributed by atoms with Crippen LogP contribution in [0.4, 0.5) is 0 Å². The average molecular weight is 323 g/mol. The van der Waals surface area contributed by atoms with E-state index in [1.54, 1.807) is 0 Å². The summed E-state index contributed by atoms with van der Waals surface area (Å²) < 4.78 is 0. The quantitative estimate of drug-likeness (QED) is 0.943. The number of amides is 1. The van der Waals surface area contributed by atoms with E-state index in [1.807, 2.05) is 17.0 Å². The summed E-state index contributed by atoms with van der Waals surface area (Å²) in [7, 11) is 0. The molecule has 1 N–H and O–H groups in total. The van der Waals surface area contributed by atoms with Crippen LogP contribution in [-0.4, -0.2) is 35.0 Å². The second-order valence-corrected chi connectivity index (χ2v) is 6.99. The Morgan fingerprint density at radius 3 is 2.42 bits per heavy atom. The minimum atomic E-state index is -0.734. The van der Waals surface area contributed by atoms with Crippen molar-refractivity contribution in [1.82, 2.24) is 4.90 Å². The third kappa shape index (κ3) is 2.77. The number of aliphatic carboxylic acids is 1. The van der Waals surface area contributed by atoms with Crippen molar-refractivity contribution in [3.8, 4) is 0 Å². The molecular weight excluding hydrogens is 302 g/mol. The number of carbonyl (C=O) groups is 2. The molecule has 0 aromatic heterocycles. The standard InChI is InChI=1S/C20H21NO3/c22-19(21-9-7-14(8-10-21)20(23)24)18-12-17(18)16-6-5-13-3-1-2-4-15(13)11-16/h1-6,11,14,17-18H,7-10,12H2,(H,23,24)/t17-,18-/m1/s1. The molecule has 2 atom stereocenters. The molecule has 0 radical (unpaired) electrons. The lowest BCUT2D eigenvalue weighted by atomic mass is 9.96. The maximum atomic E-state index is 12.7. The minimum Gasteiger partial charge on any atom is -0.481 e. The molecule has 1 aliphatic carbocycles. The lowest BCUT2D eigenvalue weighted by molar-refractivity contribution is -0.146. The lowest BCUT2D eigenvalue weighted by Crippen LogP contribution is -2.41. The van der Waals surface area contributed by atoms with Crippen LogP contribution >= 0.6 is 0 Å². The molecule has 2 aromatic rings. The van der Waals surface area contributed by atoms with Crippen molar-refractivity contribution in [3.05, 3.63) is 48.0 Å². The third-order valence-electron chi connectivity index (χ3n) is 5.47. The van der Waals surface area contributed by atoms with Gasteiger partial charge in [-0.1, -0.05) is 42.5 Å². The number of hydrogen-bond donors (Lipinski definition) is 1. The highest BCUT2D eigenvalue weighted by Gasteiger charge is 2.46. The van der Waals surface area contributed by atoms with E-state index in [0.29, 0.717) is 31.8 Å². The fourth-order valence-corrected chi connectivity index (χ4v) is 3.86. The summed E-state index contributed by atoms with van der Waals surface area (Å²) in [5.74, 6) is -0.420. The van der Waals surface area contributed by atoms with Crippen molar-refractivity contribution in [3.63, 3.8) is 0 Å². The molecule has 0 unspecified atom stereocenters. The number of fused-ring (bicyclic) bond motifs is 1. The highest BCUT2D eigenvalue weighted by atomic mass is 16.4. The molecule has 2 fully saturated rings. The van der Waals surface area contributed by atoms with Crippen LogP contribution in [0.1, 0.15) is 30.7 Å². The number of likely N-dealkylation sites (tertiary alicyclic amines) is 1. The maximum absolute atomic E-state index is 12.7. The smallest absolute Gasteiger partial charge is 0.306 e. The van der Waals surface area contributed by atoms with E-state index in [9.17, 15) is 9.59 Å². The molecule has 0 spiro atoms. The van der Waals surface area contributed by atoms with E-state index >= 15 is 0 Å². The topological polar surface area (TPSA) is 57.6 Å². The number of benzene rings is 2. The van der Waals surface area contributed by atoms with Crippen molar-refractivity contribution in [2.45, 2.75) is 25.2 Å².